The van der Waals surface area contributed by atoms with Crippen molar-refractivity contribution in [3.8, 4) is 5.69 Å². The molecule has 3 rings (SSSR count). The Balaban J connectivity index is 1.77. The molecule has 3 aromatic rings. The number of furan rings is 1. The fourth-order valence-electron chi connectivity index (χ4n) is 2.27. The number of nitrogens with zero attached hydrogens (tertiary/aromatic N) is 2. The number of benzene rings is 1. The summed E-state index contributed by atoms with van der Waals surface area (Å²) in [6.45, 7) is 2.15. The van der Waals surface area contributed by atoms with Gasteiger partial charge in [0.25, 0.3) is 0 Å². The maximum Gasteiger partial charge on any atom is 0.105 e. The summed E-state index contributed by atoms with van der Waals surface area (Å²) in [4.78, 5) is 4.10. The molecule has 0 bridgehead atoms. The number of hydrogen-bond donors (Lipinski definition) is 1. The first-order valence-corrected chi connectivity index (χ1v) is 6.69. The van der Waals surface area contributed by atoms with Crippen LogP contribution in [0.2, 0.25) is 0 Å². The van der Waals surface area contributed by atoms with Crippen molar-refractivity contribution in [2.75, 3.05) is 5.32 Å². The minimum atomic E-state index is 0.283. The van der Waals surface area contributed by atoms with Gasteiger partial charge in [0.2, 0.25) is 0 Å². The van der Waals surface area contributed by atoms with Gasteiger partial charge in [-0.1, -0.05) is 12.1 Å². The van der Waals surface area contributed by atoms with E-state index in [2.05, 4.69) is 29.4 Å². The maximum atomic E-state index is 5.39. The lowest BCUT2D eigenvalue weighted by Crippen LogP contribution is -2.18. The van der Waals surface area contributed by atoms with Crippen LogP contribution in [-0.4, -0.2) is 15.6 Å². The minimum absolute atomic E-state index is 0.283. The molecule has 0 saturated heterocycles. The number of nitrogens with one attached hydrogen (secondary N) is 1. The first-order chi connectivity index (χ1) is 9.83. The third-order valence-electron chi connectivity index (χ3n) is 3.18. The molecule has 102 valence electrons. The molecule has 0 spiro atoms. The molecule has 1 atom stereocenters. The predicted molar refractivity (Wildman–Crippen MR) is 79.1 cm³/mol. The Morgan fingerprint density at radius 1 is 1.25 bits per heavy atom. The van der Waals surface area contributed by atoms with Crippen molar-refractivity contribution < 1.29 is 4.42 Å². The number of rotatable bonds is 5. The Kier molecular flexibility index (Phi) is 3.54. The lowest BCUT2D eigenvalue weighted by atomic mass is 10.1. The molecule has 4 heteroatoms. The molecule has 0 saturated carbocycles. The summed E-state index contributed by atoms with van der Waals surface area (Å²) in [6, 6.07) is 12.4. The molecule has 0 amide bonds. The molecule has 1 unspecified atom stereocenters. The van der Waals surface area contributed by atoms with Crippen LogP contribution in [0.3, 0.4) is 0 Å². The summed E-state index contributed by atoms with van der Waals surface area (Å²) in [5.41, 5.74) is 2.18. The van der Waals surface area contributed by atoms with Gasteiger partial charge in [0.15, 0.2) is 0 Å². The summed E-state index contributed by atoms with van der Waals surface area (Å²) < 4.78 is 7.39. The third kappa shape index (κ3) is 2.74. The highest BCUT2D eigenvalue weighted by molar-refractivity contribution is 5.61. The number of hydrogen-bond acceptors (Lipinski definition) is 3. The van der Waals surface area contributed by atoms with E-state index in [1.54, 1.807) is 18.8 Å². The van der Waals surface area contributed by atoms with Crippen LogP contribution in [-0.2, 0) is 6.42 Å². The van der Waals surface area contributed by atoms with Crippen LogP contribution >= 0.6 is 0 Å². The molecule has 0 aliphatic heterocycles. The predicted octanol–water partition coefficient (Wildman–Crippen LogP) is 3.51. The first kappa shape index (κ1) is 12.5. The van der Waals surface area contributed by atoms with Crippen LogP contribution < -0.4 is 5.32 Å². The van der Waals surface area contributed by atoms with E-state index in [1.807, 2.05) is 35.0 Å². The second-order valence-corrected chi connectivity index (χ2v) is 4.82. The Morgan fingerprint density at radius 2 is 2.15 bits per heavy atom. The summed E-state index contributed by atoms with van der Waals surface area (Å²) in [7, 11) is 0. The molecule has 0 aliphatic carbocycles. The van der Waals surface area contributed by atoms with E-state index in [0.29, 0.717) is 0 Å². The monoisotopic (exact) mass is 267 g/mol. The molecular formula is C16H17N3O. The molecule has 20 heavy (non-hydrogen) atoms. The van der Waals surface area contributed by atoms with Crippen molar-refractivity contribution in [1.29, 1.82) is 0 Å². The van der Waals surface area contributed by atoms with Crippen LogP contribution in [0, 0.1) is 0 Å². The molecule has 0 radical (unpaired) electrons. The summed E-state index contributed by atoms with van der Waals surface area (Å²) in [5, 5.41) is 3.53. The number of para-hydroxylation sites is 2. The van der Waals surface area contributed by atoms with Crippen LogP contribution in [0.25, 0.3) is 5.69 Å². The Morgan fingerprint density at radius 3 is 2.90 bits per heavy atom. The number of imidazole rings is 1. The fraction of sp³-hybridized carbons (Fsp3) is 0.188. The van der Waals surface area contributed by atoms with Gasteiger partial charge >= 0.3 is 0 Å². The van der Waals surface area contributed by atoms with Crippen molar-refractivity contribution in [1.82, 2.24) is 9.55 Å². The Bertz CT molecular complexity index is 644. The van der Waals surface area contributed by atoms with Crippen molar-refractivity contribution in [3.05, 3.63) is 67.1 Å². The quantitative estimate of drug-likeness (QED) is 0.769. The van der Waals surface area contributed by atoms with Gasteiger partial charge in [-0.05, 0) is 31.2 Å². The maximum absolute atomic E-state index is 5.39. The number of aromatic nitrogens is 2. The van der Waals surface area contributed by atoms with Crippen LogP contribution in [0.1, 0.15) is 12.7 Å². The largest absolute Gasteiger partial charge is 0.469 e. The Labute approximate surface area is 118 Å². The van der Waals surface area contributed by atoms with Crippen molar-refractivity contribution in [3.63, 3.8) is 0 Å². The molecule has 0 fully saturated rings. The topological polar surface area (TPSA) is 43.0 Å². The molecule has 0 aliphatic rings. The minimum Gasteiger partial charge on any atom is -0.469 e. The van der Waals surface area contributed by atoms with Gasteiger partial charge in [-0.25, -0.2) is 4.98 Å². The summed E-state index contributed by atoms with van der Waals surface area (Å²) in [6.07, 6.45) is 8.09. The highest BCUT2D eigenvalue weighted by atomic mass is 16.3. The molecular weight excluding hydrogens is 250 g/mol. The zero-order valence-corrected chi connectivity index (χ0v) is 11.4. The summed E-state index contributed by atoms with van der Waals surface area (Å²) in [5.74, 6) is 0.991. The molecule has 1 aromatic carbocycles. The number of anilines is 1. The van der Waals surface area contributed by atoms with E-state index in [-0.39, 0.29) is 6.04 Å². The summed E-state index contributed by atoms with van der Waals surface area (Å²) >= 11 is 0. The van der Waals surface area contributed by atoms with Crippen molar-refractivity contribution in [2.24, 2.45) is 0 Å². The van der Waals surface area contributed by atoms with Crippen LogP contribution in [0.15, 0.2) is 65.8 Å². The molecule has 1 N–H and O–H groups in total. The van der Waals surface area contributed by atoms with E-state index in [0.717, 1.165) is 23.6 Å². The highest BCUT2D eigenvalue weighted by Crippen LogP contribution is 2.21. The van der Waals surface area contributed by atoms with E-state index < -0.39 is 0 Å². The lowest BCUT2D eigenvalue weighted by molar-refractivity contribution is 0.498. The SMILES string of the molecule is CC(Cc1ccco1)Nc1ccccc1-n1ccnc1. The molecule has 2 heterocycles. The zero-order chi connectivity index (χ0) is 13.8. The molecule has 4 nitrogen and oxygen atoms in total. The van der Waals surface area contributed by atoms with Gasteiger partial charge in [-0.15, -0.1) is 0 Å². The van der Waals surface area contributed by atoms with Crippen LogP contribution in [0.5, 0.6) is 0 Å². The van der Waals surface area contributed by atoms with E-state index >= 15 is 0 Å². The van der Waals surface area contributed by atoms with Crippen LogP contribution in [0.4, 0.5) is 5.69 Å². The second-order valence-electron chi connectivity index (χ2n) is 4.82. The van der Waals surface area contributed by atoms with Crippen molar-refractivity contribution >= 4 is 5.69 Å². The normalized spacial score (nSPS) is 12.2. The van der Waals surface area contributed by atoms with E-state index in [1.165, 1.54) is 0 Å². The first-order valence-electron chi connectivity index (χ1n) is 6.69. The Hall–Kier alpha value is -2.49. The van der Waals surface area contributed by atoms with Crippen molar-refractivity contribution in [2.45, 2.75) is 19.4 Å². The van der Waals surface area contributed by atoms with Gasteiger partial charge in [0, 0.05) is 24.9 Å². The second kappa shape index (κ2) is 5.65. The zero-order valence-electron chi connectivity index (χ0n) is 11.4. The molecule has 2 aromatic heterocycles. The van der Waals surface area contributed by atoms with E-state index in [4.69, 9.17) is 4.42 Å². The average molecular weight is 267 g/mol. The van der Waals surface area contributed by atoms with Gasteiger partial charge in [0.05, 0.1) is 24.0 Å². The standard InChI is InChI=1S/C16H17N3O/c1-13(11-14-5-4-10-20-14)18-15-6-2-3-7-16(15)19-9-8-17-12-19/h2-10,12-13,18H,11H2,1H3. The average Bonchev–Trinajstić information content (AvgIpc) is 3.11. The van der Waals surface area contributed by atoms with E-state index in [9.17, 15) is 0 Å². The van der Waals surface area contributed by atoms with Gasteiger partial charge in [-0.2, -0.15) is 0 Å². The lowest BCUT2D eigenvalue weighted by Gasteiger charge is -2.17. The van der Waals surface area contributed by atoms with Gasteiger partial charge < -0.3 is 14.3 Å². The smallest absolute Gasteiger partial charge is 0.105 e. The third-order valence-corrected chi connectivity index (χ3v) is 3.18. The highest BCUT2D eigenvalue weighted by Gasteiger charge is 2.09. The fourth-order valence-corrected chi connectivity index (χ4v) is 2.27. The van der Waals surface area contributed by atoms with Gasteiger partial charge in [0.1, 0.15) is 5.76 Å². The van der Waals surface area contributed by atoms with Gasteiger partial charge in [-0.3, -0.25) is 0 Å².